The maximum Gasteiger partial charge on any atom is 0.226 e. The second-order valence-corrected chi connectivity index (χ2v) is 6.35. The topological polar surface area (TPSA) is 46.3 Å². The van der Waals surface area contributed by atoms with Gasteiger partial charge in [0.15, 0.2) is 0 Å². The Morgan fingerprint density at radius 2 is 2.09 bits per heavy atom. The first-order valence-corrected chi connectivity index (χ1v) is 8.38. The van der Waals surface area contributed by atoms with Gasteiger partial charge in [-0.25, -0.2) is 0 Å². The maximum absolute atomic E-state index is 12.9. The van der Waals surface area contributed by atoms with Crippen molar-refractivity contribution in [3.05, 3.63) is 47.5 Å². The van der Waals surface area contributed by atoms with E-state index in [-0.39, 0.29) is 23.9 Å². The Kier molecular flexibility index (Phi) is 6.04. The number of carbonyl (C=O) groups is 1. The molecule has 2 rings (SSSR count). The molecule has 1 aliphatic heterocycles. The fourth-order valence-corrected chi connectivity index (χ4v) is 3.46. The zero-order valence-corrected chi connectivity index (χ0v) is 13.9. The molecule has 22 heavy (non-hydrogen) atoms. The third-order valence-corrected chi connectivity index (χ3v) is 4.82. The van der Waals surface area contributed by atoms with Crippen LogP contribution in [0.4, 0.5) is 0 Å². The lowest BCUT2D eigenvalue weighted by Gasteiger charge is -2.43. The number of halogens is 1. The van der Waals surface area contributed by atoms with E-state index in [4.69, 9.17) is 17.3 Å². The lowest BCUT2D eigenvalue weighted by atomic mass is 9.85. The van der Waals surface area contributed by atoms with Crippen LogP contribution in [0.25, 0.3) is 0 Å². The van der Waals surface area contributed by atoms with Gasteiger partial charge in [-0.15, -0.1) is 6.58 Å². The molecule has 0 aromatic heterocycles. The molecule has 1 aliphatic rings. The van der Waals surface area contributed by atoms with E-state index in [1.54, 1.807) is 0 Å². The standard InChI is InChI=1S/C18H25ClN2O/c1-3-5-14-8-11-17(13-6-9-15(19)10-7-13)21(18(14)22)16(4-2)12-20/h3,6-7,9-10,14,16-17H,1,4-5,8,11-12,20H2,2H3. The number of piperidine rings is 1. The Morgan fingerprint density at radius 1 is 1.41 bits per heavy atom. The number of nitrogens with zero attached hydrogens (tertiary/aromatic N) is 1. The van der Waals surface area contributed by atoms with Crippen molar-refractivity contribution in [2.75, 3.05) is 6.54 Å². The van der Waals surface area contributed by atoms with Crippen molar-refractivity contribution in [2.45, 2.75) is 44.7 Å². The quantitative estimate of drug-likeness (QED) is 0.807. The molecule has 0 spiro atoms. The molecule has 0 aliphatic carbocycles. The number of benzene rings is 1. The van der Waals surface area contributed by atoms with Crippen LogP contribution in [0.2, 0.25) is 5.02 Å². The van der Waals surface area contributed by atoms with Gasteiger partial charge < -0.3 is 10.6 Å². The van der Waals surface area contributed by atoms with Crippen molar-refractivity contribution in [1.29, 1.82) is 0 Å². The van der Waals surface area contributed by atoms with Crippen molar-refractivity contribution in [1.82, 2.24) is 4.90 Å². The molecule has 1 aromatic carbocycles. The van der Waals surface area contributed by atoms with Gasteiger partial charge in [0.25, 0.3) is 0 Å². The molecule has 2 N–H and O–H groups in total. The summed E-state index contributed by atoms with van der Waals surface area (Å²) in [5.74, 6) is 0.255. The average Bonchev–Trinajstić information content (AvgIpc) is 2.53. The third-order valence-electron chi connectivity index (χ3n) is 4.57. The Morgan fingerprint density at radius 3 is 2.64 bits per heavy atom. The zero-order valence-electron chi connectivity index (χ0n) is 13.2. The minimum absolute atomic E-state index is 0.0432. The lowest BCUT2D eigenvalue weighted by Crippen LogP contribution is -2.51. The van der Waals surface area contributed by atoms with Crippen LogP contribution >= 0.6 is 11.6 Å². The van der Waals surface area contributed by atoms with E-state index in [9.17, 15) is 4.79 Å². The van der Waals surface area contributed by atoms with E-state index < -0.39 is 0 Å². The Labute approximate surface area is 138 Å². The highest BCUT2D eigenvalue weighted by atomic mass is 35.5. The Bertz CT molecular complexity index is 510. The van der Waals surface area contributed by atoms with Gasteiger partial charge in [0.2, 0.25) is 5.91 Å². The van der Waals surface area contributed by atoms with Crippen molar-refractivity contribution < 1.29 is 4.79 Å². The first kappa shape index (κ1) is 17.0. The van der Waals surface area contributed by atoms with Gasteiger partial charge in [0.1, 0.15) is 0 Å². The van der Waals surface area contributed by atoms with Gasteiger partial charge in [0.05, 0.1) is 6.04 Å². The van der Waals surface area contributed by atoms with Crippen LogP contribution in [0.1, 0.15) is 44.2 Å². The molecule has 3 unspecified atom stereocenters. The normalized spacial score (nSPS) is 23.4. The van der Waals surface area contributed by atoms with E-state index in [0.717, 1.165) is 31.2 Å². The highest BCUT2D eigenvalue weighted by molar-refractivity contribution is 6.30. The van der Waals surface area contributed by atoms with Crippen LogP contribution in [0, 0.1) is 5.92 Å². The summed E-state index contributed by atoms with van der Waals surface area (Å²) in [6.45, 7) is 6.35. The SMILES string of the molecule is C=CCC1CCC(c2ccc(Cl)cc2)N(C(CC)CN)C1=O. The minimum atomic E-state index is 0.0432. The van der Waals surface area contributed by atoms with Gasteiger partial charge >= 0.3 is 0 Å². The van der Waals surface area contributed by atoms with E-state index in [0.29, 0.717) is 11.6 Å². The van der Waals surface area contributed by atoms with Crippen LogP contribution in [-0.4, -0.2) is 23.4 Å². The number of hydrogen-bond donors (Lipinski definition) is 1. The first-order chi connectivity index (χ1) is 10.6. The molecule has 3 nitrogen and oxygen atoms in total. The summed E-state index contributed by atoms with van der Waals surface area (Å²) in [4.78, 5) is 14.9. The fourth-order valence-electron chi connectivity index (χ4n) is 3.33. The smallest absolute Gasteiger partial charge is 0.226 e. The fraction of sp³-hybridized carbons (Fsp3) is 0.500. The zero-order chi connectivity index (χ0) is 16.1. The average molecular weight is 321 g/mol. The number of hydrogen-bond acceptors (Lipinski definition) is 2. The Balaban J connectivity index is 2.32. The predicted octanol–water partition coefficient (Wildman–Crippen LogP) is 3.93. The largest absolute Gasteiger partial charge is 0.331 e. The van der Waals surface area contributed by atoms with Gasteiger partial charge in [-0.2, -0.15) is 0 Å². The summed E-state index contributed by atoms with van der Waals surface area (Å²) in [6.07, 6.45) is 5.31. The van der Waals surface area contributed by atoms with E-state index in [1.165, 1.54) is 0 Å². The maximum atomic E-state index is 12.9. The van der Waals surface area contributed by atoms with Crippen molar-refractivity contribution >= 4 is 17.5 Å². The molecule has 120 valence electrons. The van der Waals surface area contributed by atoms with Crippen LogP contribution < -0.4 is 5.73 Å². The number of amides is 1. The molecule has 1 amide bonds. The molecule has 0 saturated carbocycles. The van der Waals surface area contributed by atoms with E-state index in [2.05, 4.69) is 13.5 Å². The molecule has 3 atom stereocenters. The molecule has 1 saturated heterocycles. The second-order valence-electron chi connectivity index (χ2n) is 5.91. The molecular weight excluding hydrogens is 296 g/mol. The second kappa shape index (κ2) is 7.80. The van der Waals surface area contributed by atoms with Gasteiger partial charge in [-0.05, 0) is 43.4 Å². The van der Waals surface area contributed by atoms with Crippen molar-refractivity contribution in [3.8, 4) is 0 Å². The molecule has 4 heteroatoms. The summed E-state index contributed by atoms with van der Waals surface area (Å²) in [7, 11) is 0. The van der Waals surface area contributed by atoms with Gasteiger partial charge in [-0.1, -0.05) is 36.7 Å². The van der Waals surface area contributed by atoms with Crippen molar-refractivity contribution in [3.63, 3.8) is 0 Å². The van der Waals surface area contributed by atoms with Crippen LogP contribution in [0.5, 0.6) is 0 Å². The number of carbonyl (C=O) groups excluding carboxylic acids is 1. The molecule has 0 radical (unpaired) electrons. The van der Waals surface area contributed by atoms with Gasteiger partial charge in [0, 0.05) is 23.5 Å². The van der Waals surface area contributed by atoms with E-state index >= 15 is 0 Å². The molecular formula is C18H25ClN2O. The molecule has 0 bridgehead atoms. The molecule has 1 heterocycles. The summed E-state index contributed by atoms with van der Waals surface area (Å²) in [5, 5.41) is 0.716. The Hall–Kier alpha value is -1.32. The monoisotopic (exact) mass is 320 g/mol. The summed E-state index contributed by atoms with van der Waals surface area (Å²) in [5.41, 5.74) is 7.07. The number of rotatable bonds is 6. The van der Waals surface area contributed by atoms with Crippen molar-refractivity contribution in [2.24, 2.45) is 11.7 Å². The van der Waals surface area contributed by atoms with Crippen LogP contribution in [0.3, 0.4) is 0 Å². The van der Waals surface area contributed by atoms with Crippen LogP contribution in [0.15, 0.2) is 36.9 Å². The number of nitrogens with two attached hydrogens (primary N) is 1. The lowest BCUT2D eigenvalue weighted by molar-refractivity contribution is -0.145. The highest BCUT2D eigenvalue weighted by Crippen LogP contribution is 2.37. The summed E-state index contributed by atoms with van der Waals surface area (Å²) < 4.78 is 0. The molecule has 1 aromatic rings. The molecule has 1 fully saturated rings. The summed E-state index contributed by atoms with van der Waals surface area (Å²) in [6, 6.07) is 7.99. The highest BCUT2D eigenvalue weighted by Gasteiger charge is 2.38. The predicted molar refractivity (Wildman–Crippen MR) is 91.7 cm³/mol. The van der Waals surface area contributed by atoms with Gasteiger partial charge in [-0.3, -0.25) is 4.79 Å². The third kappa shape index (κ3) is 3.53. The minimum Gasteiger partial charge on any atom is -0.331 e. The van der Waals surface area contributed by atoms with E-state index in [1.807, 2.05) is 35.2 Å². The summed E-state index contributed by atoms with van der Waals surface area (Å²) >= 11 is 5.99. The van der Waals surface area contributed by atoms with Crippen LogP contribution in [-0.2, 0) is 4.79 Å². The number of likely N-dealkylation sites (tertiary alicyclic amines) is 1. The number of allylic oxidation sites excluding steroid dienone is 1. The first-order valence-electron chi connectivity index (χ1n) is 8.00.